The lowest BCUT2D eigenvalue weighted by molar-refractivity contribution is -0.384. The number of aromatic carboxylic acids is 1. The van der Waals surface area contributed by atoms with Gasteiger partial charge >= 0.3 is 5.97 Å². The number of anilines is 1. The number of carbonyl (C=O) groups excluding carboxylic acids is 1. The van der Waals surface area contributed by atoms with Crippen molar-refractivity contribution in [1.82, 2.24) is 0 Å². The van der Waals surface area contributed by atoms with Crippen LogP contribution in [0.3, 0.4) is 0 Å². The van der Waals surface area contributed by atoms with Crippen molar-refractivity contribution in [1.29, 1.82) is 0 Å². The molecule has 3 aromatic rings. The normalized spacial score (nSPS) is 10.3. The molecule has 0 saturated carbocycles. The van der Waals surface area contributed by atoms with Crippen molar-refractivity contribution in [2.75, 3.05) is 12.0 Å². The maximum Gasteiger partial charge on any atom is 0.335 e. The molecule has 3 aromatic carbocycles. The van der Waals surface area contributed by atoms with Gasteiger partial charge in [-0.3, -0.25) is 14.9 Å². The molecule has 0 bridgehead atoms. The lowest BCUT2D eigenvalue weighted by atomic mass is 10.1. The van der Waals surface area contributed by atoms with Gasteiger partial charge in [-0.05, 0) is 54.1 Å². The summed E-state index contributed by atoms with van der Waals surface area (Å²) in [5, 5.41) is 20.0. The Labute approximate surface area is 172 Å². The van der Waals surface area contributed by atoms with E-state index in [1.54, 1.807) is 31.4 Å². The lowest BCUT2D eigenvalue weighted by Crippen LogP contribution is -2.30. The Bertz CT molecular complexity index is 1060. The van der Waals surface area contributed by atoms with Gasteiger partial charge in [0.2, 0.25) is 0 Å². The zero-order chi connectivity index (χ0) is 21.7. The predicted molar refractivity (Wildman–Crippen MR) is 110 cm³/mol. The van der Waals surface area contributed by atoms with Gasteiger partial charge in [0.25, 0.3) is 11.6 Å². The summed E-state index contributed by atoms with van der Waals surface area (Å²) in [6.07, 6.45) is 0. The first-order chi connectivity index (χ1) is 14.4. The highest BCUT2D eigenvalue weighted by Crippen LogP contribution is 2.23. The zero-order valence-corrected chi connectivity index (χ0v) is 16.0. The minimum absolute atomic E-state index is 0.103. The number of carboxylic acid groups (broad SMARTS) is 1. The van der Waals surface area contributed by atoms with Gasteiger partial charge in [0, 0.05) is 23.4 Å². The van der Waals surface area contributed by atoms with Gasteiger partial charge in [0.05, 0.1) is 24.1 Å². The van der Waals surface area contributed by atoms with Gasteiger partial charge in [0.15, 0.2) is 0 Å². The van der Waals surface area contributed by atoms with Crippen molar-refractivity contribution in [3.63, 3.8) is 0 Å². The molecule has 0 aliphatic carbocycles. The SMILES string of the molecule is COc1ccc(CN(C(=O)c2ccc([N+](=O)[O-])cc2)c2ccc(C(=O)O)cc2)cc1. The third-order valence-corrected chi connectivity index (χ3v) is 4.50. The van der Waals surface area contributed by atoms with Crippen molar-refractivity contribution >= 4 is 23.3 Å². The Kier molecular flexibility index (Phi) is 6.07. The molecule has 30 heavy (non-hydrogen) atoms. The molecule has 0 spiro atoms. The summed E-state index contributed by atoms with van der Waals surface area (Å²) in [6.45, 7) is 0.215. The molecule has 0 saturated heterocycles. The maximum atomic E-state index is 13.2. The third kappa shape index (κ3) is 4.61. The number of methoxy groups -OCH3 is 1. The number of ether oxygens (including phenoxy) is 1. The molecule has 0 radical (unpaired) electrons. The highest BCUT2D eigenvalue weighted by Gasteiger charge is 2.20. The van der Waals surface area contributed by atoms with E-state index in [1.807, 2.05) is 12.1 Å². The fourth-order valence-corrected chi connectivity index (χ4v) is 2.86. The number of nitro benzene ring substituents is 1. The summed E-state index contributed by atoms with van der Waals surface area (Å²) in [7, 11) is 1.56. The molecule has 152 valence electrons. The molecule has 0 atom stereocenters. The maximum absolute atomic E-state index is 13.2. The van der Waals surface area contributed by atoms with E-state index in [9.17, 15) is 19.7 Å². The van der Waals surface area contributed by atoms with E-state index in [0.717, 1.165) is 5.56 Å². The van der Waals surface area contributed by atoms with E-state index in [1.165, 1.54) is 41.3 Å². The molecule has 8 heteroatoms. The highest BCUT2D eigenvalue weighted by atomic mass is 16.6. The predicted octanol–water partition coefficient (Wildman–Crippen LogP) is 4.15. The van der Waals surface area contributed by atoms with Crippen LogP contribution in [0.5, 0.6) is 5.75 Å². The number of rotatable bonds is 7. The number of non-ortho nitro benzene ring substituents is 1. The van der Waals surface area contributed by atoms with E-state index < -0.39 is 10.9 Å². The Morgan fingerprint density at radius 1 is 0.933 bits per heavy atom. The number of amides is 1. The summed E-state index contributed by atoms with van der Waals surface area (Å²) in [4.78, 5) is 36.1. The van der Waals surface area contributed by atoms with Gasteiger partial charge in [0.1, 0.15) is 5.75 Å². The quantitative estimate of drug-likeness (QED) is 0.466. The standard InChI is InChI=1S/C22H18N2O6/c1-30-20-12-2-15(3-13-20)14-23(18-8-6-17(7-9-18)22(26)27)21(25)16-4-10-19(11-5-16)24(28)29/h2-13H,14H2,1H3,(H,26,27). The zero-order valence-electron chi connectivity index (χ0n) is 16.0. The van der Waals surface area contributed by atoms with Gasteiger partial charge in [-0.1, -0.05) is 12.1 Å². The number of carbonyl (C=O) groups is 2. The average molecular weight is 406 g/mol. The molecule has 8 nitrogen and oxygen atoms in total. The third-order valence-electron chi connectivity index (χ3n) is 4.50. The molecule has 3 rings (SSSR count). The Morgan fingerprint density at radius 2 is 1.50 bits per heavy atom. The fraction of sp³-hybridized carbons (Fsp3) is 0.0909. The highest BCUT2D eigenvalue weighted by molar-refractivity contribution is 6.06. The first-order valence-corrected chi connectivity index (χ1v) is 8.91. The minimum atomic E-state index is -1.06. The monoisotopic (exact) mass is 406 g/mol. The Hall–Kier alpha value is -4.20. The smallest absolute Gasteiger partial charge is 0.335 e. The van der Waals surface area contributed by atoms with Gasteiger partial charge in [-0.2, -0.15) is 0 Å². The van der Waals surface area contributed by atoms with Crippen LogP contribution in [-0.2, 0) is 6.54 Å². The Morgan fingerprint density at radius 3 is 2.00 bits per heavy atom. The first kappa shape index (κ1) is 20.5. The van der Waals surface area contributed by atoms with Crippen molar-refractivity contribution in [2.45, 2.75) is 6.54 Å². The molecule has 0 aromatic heterocycles. The van der Waals surface area contributed by atoms with Crippen LogP contribution < -0.4 is 9.64 Å². The first-order valence-electron chi connectivity index (χ1n) is 8.91. The van der Waals surface area contributed by atoms with Gasteiger partial charge < -0.3 is 14.7 Å². The van der Waals surface area contributed by atoms with Crippen molar-refractivity contribution in [3.8, 4) is 5.75 Å². The second kappa shape index (κ2) is 8.87. The van der Waals surface area contributed by atoms with E-state index in [0.29, 0.717) is 11.4 Å². The molecule has 0 aliphatic heterocycles. The number of hydrogen-bond acceptors (Lipinski definition) is 5. The summed E-state index contributed by atoms with van der Waals surface area (Å²) in [5.41, 5.74) is 1.59. The minimum Gasteiger partial charge on any atom is -0.497 e. The summed E-state index contributed by atoms with van der Waals surface area (Å²) < 4.78 is 5.15. The molecule has 0 fully saturated rings. The second-order valence-electron chi connectivity index (χ2n) is 6.40. The van der Waals surface area contributed by atoms with Crippen molar-refractivity contribution in [3.05, 3.63) is 99.6 Å². The molecule has 1 N–H and O–H groups in total. The molecule has 0 heterocycles. The molecule has 1 amide bonds. The number of benzene rings is 3. The average Bonchev–Trinajstić information content (AvgIpc) is 2.77. The van der Waals surface area contributed by atoms with Crippen LogP contribution in [0.25, 0.3) is 0 Å². The largest absolute Gasteiger partial charge is 0.497 e. The topological polar surface area (TPSA) is 110 Å². The van der Waals surface area contributed by atoms with Crippen LogP contribution in [0.15, 0.2) is 72.8 Å². The second-order valence-corrected chi connectivity index (χ2v) is 6.40. The van der Waals surface area contributed by atoms with Gasteiger partial charge in [-0.25, -0.2) is 4.79 Å². The van der Waals surface area contributed by atoms with E-state index in [-0.39, 0.29) is 29.3 Å². The van der Waals surface area contributed by atoms with Crippen molar-refractivity contribution in [2.24, 2.45) is 0 Å². The molecular weight excluding hydrogens is 388 g/mol. The molecule has 0 aliphatic rings. The summed E-state index contributed by atoms with van der Waals surface area (Å²) in [5.74, 6) is -0.758. The van der Waals surface area contributed by atoms with E-state index in [4.69, 9.17) is 9.84 Å². The Balaban J connectivity index is 1.95. The summed E-state index contributed by atoms with van der Waals surface area (Å²) >= 11 is 0. The van der Waals surface area contributed by atoms with Crippen LogP contribution in [-0.4, -0.2) is 29.0 Å². The fourth-order valence-electron chi connectivity index (χ4n) is 2.86. The number of nitro groups is 1. The van der Waals surface area contributed by atoms with Crippen molar-refractivity contribution < 1.29 is 24.4 Å². The number of nitrogens with zero attached hydrogens (tertiary/aromatic N) is 2. The van der Waals surface area contributed by atoms with Crippen LogP contribution in [0.4, 0.5) is 11.4 Å². The van der Waals surface area contributed by atoms with Gasteiger partial charge in [-0.15, -0.1) is 0 Å². The number of carboxylic acids is 1. The number of hydrogen-bond donors (Lipinski definition) is 1. The van der Waals surface area contributed by atoms with Crippen LogP contribution in [0.1, 0.15) is 26.3 Å². The van der Waals surface area contributed by atoms with Crippen LogP contribution >= 0.6 is 0 Å². The van der Waals surface area contributed by atoms with E-state index in [2.05, 4.69) is 0 Å². The lowest BCUT2D eigenvalue weighted by Gasteiger charge is -2.23. The summed E-state index contributed by atoms with van der Waals surface area (Å²) in [6, 6.07) is 18.5. The molecular formula is C22H18N2O6. The van der Waals surface area contributed by atoms with Crippen LogP contribution in [0.2, 0.25) is 0 Å². The molecule has 0 unspecified atom stereocenters. The van der Waals surface area contributed by atoms with E-state index >= 15 is 0 Å². The van der Waals surface area contributed by atoms with Crippen LogP contribution in [0, 0.1) is 10.1 Å².